The summed E-state index contributed by atoms with van der Waals surface area (Å²) in [4.78, 5) is 6.93. The van der Waals surface area contributed by atoms with Crippen molar-refractivity contribution in [3.63, 3.8) is 0 Å². The number of hydrogen-bond acceptors (Lipinski definition) is 6. The van der Waals surface area contributed by atoms with Crippen molar-refractivity contribution in [1.82, 2.24) is 14.7 Å². The molecule has 23 heavy (non-hydrogen) atoms. The van der Waals surface area contributed by atoms with Crippen molar-refractivity contribution in [1.29, 1.82) is 0 Å². The molecule has 12 heteroatoms. The summed E-state index contributed by atoms with van der Waals surface area (Å²) >= 11 is 6.56. The van der Waals surface area contributed by atoms with Crippen molar-refractivity contribution in [2.24, 2.45) is 0 Å². The Labute approximate surface area is 138 Å². The van der Waals surface area contributed by atoms with Crippen LogP contribution in [0.3, 0.4) is 0 Å². The van der Waals surface area contributed by atoms with Gasteiger partial charge in [-0.25, -0.2) is 23.1 Å². The molecule has 0 saturated heterocycles. The summed E-state index contributed by atoms with van der Waals surface area (Å²) in [5.41, 5.74) is -1.08. The van der Waals surface area contributed by atoms with Gasteiger partial charge in [0.2, 0.25) is 16.0 Å². The van der Waals surface area contributed by atoms with E-state index in [1.807, 2.05) is 0 Å². The minimum Gasteiger partial charge on any atom is -0.353 e. The van der Waals surface area contributed by atoms with Crippen molar-refractivity contribution in [3.05, 3.63) is 34.4 Å². The summed E-state index contributed by atoms with van der Waals surface area (Å²) in [6.45, 7) is -0.0445. The zero-order valence-electron chi connectivity index (χ0n) is 11.3. The Kier molecular flexibility index (Phi) is 5.45. The fraction of sp³-hybridized carbons (Fsp3) is 0.273. The van der Waals surface area contributed by atoms with Crippen molar-refractivity contribution in [3.8, 4) is 0 Å². The first-order valence-electron chi connectivity index (χ1n) is 6.07. The molecule has 0 atom stereocenters. The molecule has 0 aliphatic heterocycles. The molecule has 0 bridgehead atoms. The van der Waals surface area contributed by atoms with Crippen LogP contribution >= 0.6 is 22.9 Å². The zero-order chi connectivity index (χ0) is 17.1. The molecule has 2 aromatic rings. The van der Waals surface area contributed by atoms with Gasteiger partial charge >= 0.3 is 6.18 Å². The van der Waals surface area contributed by atoms with E-state index in [1.54, 1.807) is 0 Å². The molecule has 0 aromatic carbocycles. The molecule has 0 fully saturated rings. The molecular formula is C11H10ClF3N4O2S2. The Morgan fingerprint density at radius 1 is 1.22 bits per heavy atom. The lowest BCUT2D eigenvalue weighted by Gasteiger charge is -2.09. The number of halogens is 4. The largest absolute Gasteiger partial charge is 0.433 e. The normalized spacial score (nSPS) is 12.3. The van der Waals surface area contributed by atoms with E-state index in [2.05, 4.69) is 20.0 Å². The molecule has 0 spiro atoms. The van der Waals surface area contributed by atoms with E-state index in [1.165, 1.54) is 12.1 Å². The van der Waals surface area contributed by atoms with Crippen LogP contribution in [0, 0.1) is 0 Å². The number of aromatic nitrogens is 2. The lowest BCUT2D eigenvalue weighted by molar-refractivity contribution is -0.141. The van der Waals surface area contributed by atoms with E-state index in [4.69, 9.17) is 11.6 Å². The highest BCUT2D eigenvalue weighted by Gasteiger charge is 2.32. The van der Waals surface area contributed by atoms with Gasteiger partial charge in [0.1, 0.15) is 9.90 Å². The highest BCUT2D eigenvalue weighted by molar-refractivity contribution is 7.91. The molecule has 2 aromatic heterocycles. The summed E-state index contributed by atoms with van der Waals surface area (Å²) in [5, 5.41) is 2.51. The van der Waals surface area contributed by atoms with Crippen LogP contribution in [-0.2, 0) is 16.2 Å². The minimum atomic E-state index is -4.57. The van der Waals surface area contributed by atoms with Crippen LogP contribution in [0.1, 0.15) is 5.69 Å². The number of rotatable bonds is 6. The fourth-order valence-corrected chi connectivity index (χ4v) is 4.03. The first kappa shape index (κ1) is 17.9. The Hall–Kier alpha value is -1.43. The minimum absolute atomic E-state index is 0.0135. The van der Waals surface area contributed by atoms with E-state index in [9.17, 15) is 21.6 Å². The smallest absolute Gasteiger partial charge is 0.353 e. The molecule has 0 aliphatic carbocycles. The molecule has 0 amide bonds. The first-order chi connectivity index (χ1) is 10.7. The third kappa shape index (κ3) is 5.03. The average Bonchev–Trinajstić information content (AvgIpc) is 2.91. The molecule has 2 N–H and O–H groups in total. The van der Waals surface area contributed by atoms with E-state index in [0.717, 1.165) is 23.6 Å². The highest BCUT2D eigenvalue weighted by Crippen LogP contribution is 2.27. The van der Waals surface area contributed by atoms with Gasteiger partial charge in [-0.3, -0.25) is 0 Å². The van der Waals surface area contributed by atoms with E-state index < -0.39 is 21.9 Å². The molecule has 6 nitrogen and oxygen atoms in total. The number of hydrogen-bond donors (Lipinski definition) is 2. The second-order valence-corrected chi connectivity index (χ2v) is 7.86. The average molecular weight is 387 g/mol. The molecule has 0 saturated carbocycles. The zero-order valence-corrected chi connectivity index (χ0v) is 13.7. The molecule has 0 unspecified atom stereocenters. The molecule has 0 aliphatic rings. The number of nitrogens with one attached hydrogen (secondary N) is 2. The molecule has 2 rings (SSSR count). The van der Waals surface area contributed by atoms with Gasteiger partial charge in [-0.05, 0) is 18.2 Å². The Bertz CT molecular complexity index is 780. The molecule has 0 radical (unpaired) electrons. The van der Waals surface area contributed by atoms with Crippen molar-refractivity contribution >= 4 is 38.9 Å². The lowest BCUT2D eigenvalue weighted by Crippen LogP contribution is -2.28. The van der Waals surface area contributed by atoms with Crippen LogP contribution in [-0.4, -0.2) is 31.5 Å². The Morgan fingerprint density at radius 3 is 2.57 bits per heavy atom. The maximum atomic E-state index is 12.5. The van der Waals surface area contributed by atoms with Gasteiger partial charge in [-0.2, -0.15) is 13.2 Å². The van der Waals surface area contributed by atoms with Gasteiger partial charge in [-0.15, -0.1) is 11.3 Å². The lowest BCUT2D eigenvalue weighted by atomic mass is 10.4. The van der Waals surface area contributed by atoms with Crippen molar-refractivity contribution in [2.45, 2.75) is 10.4 Å². The number of anilines is 1. The number of alkyl halides is 3. The summed E-state index contributed by atoms with van der Waals surface area (Å²) in [7, 11) is -3.70. The van der Waals surface area contributed by atoms with Crippen LogP contribution in [0.25, 0.3) is 0 Å². The SMILES string of the molecule is O=S(=O)(NCCNc1nccc(C(F)(F)F)n1)c1ccc(Cl)s1. The second kappa shape index (κ2) is 6.99. The topological polar surface area (TPSA) is 84.0 Å². The van der Waals surface area contributed by atoms with Gasteiger partial charge in [-0.1, -0.05) is 11.6 Å². The highest BCUT2D eigenvalue weighted by atomic mass is 35.5. The van der Waals surface area contributed by atoms with Gasteiger partial charge in [0.05, 0.1) is 4.34 Å². The molecule has 126 valence electrons. The first-order valence-corrected chi connectivity index (χ1v) is 8.75. The maximum absolute atomic E-state index is 12.5. The maximum Gasteiger partial charge on any atom is 0.433 e. The number of sulfonamides is 1. The van der Waals surface area contributed by atoms with Crippen LogP contribution in [0.2, 0.25) is 4.34 Å². The summed E-state index contributed by atoms with van der Waals surface area (Å²) in [5.74, 6) is -0.238. The Balaban J connectivity index is 1.88. The van der Waals surface area contributed by atoms with Gasteiger partial charge in [0.25, 0.3) is 0 Å². The standard InChI is InChI=1S/C11H10ClF3N4O2S2/c12-8-1-2-9(22-8)23(20,21)18-6-5-17-10-16-4-3-7(19-10)11(13,14)15/h1-4,18H,5-6H2,(H,16,17,19). The van der Waals surface area contributed by atoms with E-state index in [-0.39, 0.29) is 23.2 Å². The molecule has 2 heterocycles. The third-order valence-corrected chi connectivity index (χ3v) is 5.64. The van der Waals surface area contributed by atoms with Crippen molar-refractivity contribution in [2.75, 3.05) is 18.4 Å². The quantitative estimate of drug-likeness (QED) is 0.745. The number of thiophene rings is 1. The monoisotopic (exact) mass is 386 g/mol. The van der Waals surface area contributed by atoms with Crippen molar-refractivity contribution < 1.29 is 21.6 Å². The third-order valence-electron chi connectivity index (χ3n) is 2.46. The fourth-order valence-electron chi connectivity index (χ4n) is 1.47. The van der Waals surface area contributed by atoms with E-state index >= 15 is 0 Å². The van der Waals surface area contributed by atoms with Gasteiger partial charge in [0.15, 0.2) is 0 Å². The van der Waals surface area contributed by atoms with Crippen LogP contribution in [0.15, 0.2) is 28.6 Å². The van der Waals surface area contributed by atoms with Crippen LogP contribution in [0.4, 0.5) is 19.1 Å². The summed E-state index contributed by atoms with van der Waals surface area (Å²) in [6, 6.07) is 3.56. The van der Waals surface area contributed by atoms with Gasteiger partial charge < -0.3 is 5.32 Å². The van der Waals surface area contributed by atoms with E-state index in [0.29, 0.717) is 4.34 Å². The number of nitrogens with zero attached hydrogens (tertiary/aromatic N) is 2. The summed E-state index contributed by atoms with van der Waals surface area (Å²) in [6.07, 6.45) is -3.60. The van der Waals surface area contributed by atoms with Crippen LogP contribution in [0.5, 0.6) is 0 Å². The molecular weight excluding hydrogens is 377 g/mol. The summed E-state index contributed by atoms with van der Waals surface area (Å²) < 4.78 is 63.9. The second-order valence-electron chi connectivity index (χ2n) is 4.15. The van der Waals surface area contributed by atoms with Crippen LogP contribution < -0.4 is 10.0 Å². The van der Waals surface area contributed by atoms with Gasteiger partial charge in [0, 0.05) is 19.3 Å². The predicted molar refractivity (Wildman–Crippen MR) is 80.0 cm³/mol. The predicted octanol–water partition coefficient (Wildman–Crippen LogP) is 2.60. The Morgan fingerprint density at radius 2 is 1.96 bits per heavy atom.